The molecule has 2 aliphatic heterocycles. The van der Waals surface area contributed by atoms with Crippen molar-refractivity contribution in [2.45, 2.75) is 38.9 Å². The first kappa shape index (κ1) is 15.9. The van der Waals surface area contributed by atoms with Gasteiger partial charge >= 0.3 is 0 Å². The molecule has 0 radical (unpaired) electrons. The lowest BCUT2D eigenvalue weighted by molar-refractivity contribution is -0.0485. The Morgan fingerprint density at radius 1 is 1.36 bits per heavy atom. The van der Waals surface area contributed by atoms with E-state index in [4.69, 9.17) is 9.15 Å². The van der Waals surface area contributed by atoms with Crippen LogP contribution in [0.5, 0.6) is 0 Å². The molecule has 2 saturated heterocycles. The minimum Gasteiger partial charge on any atom is -0.447 e. The average molecular weight is 329 g/mol. The van der Waals surface area contributed by atoms with Crippen LogP contribution in [-0.2, 0) is 26.7 Å². The SMILES string of the molecule is CC(C)(C)c1coc(CN2CCS(=O)(=O)N3CCOCC23)n1. The van der Waals surface area contributed by atoms with Crippen molar-refractivity contribution in [2.24, 2.45) is 0 Å². The van der Waals surface area contributed by atoms with Crippen molar-refractivity contribution >= 4 is 10.0 Å². The third-order valence-electron chi connectivity index (χ3n) is 4.13. The van der Waals surface area contributed by atoms with Crippen LogP contribution >= 0.6 is 0 Å². The van der Waals surface area contributed by atoms with Crippen molar-refractivity contribution < 1.29 is 17.6 Å². The number of nitrogens with zero attached hydrogens (tertiary/aromatic N) is 3. The summed E-state index contributed by atoms with van der Waals surface area (Å²) in [5, 5.41) is 0. The summed E-state index contributed by atoms with van der Waals surface area (Å²) in [6.45, 7) is 8.48. The summed E-state index contributed by atoms with van der Waals surface area (Å²) >= 11 is 0. The summed E-state index contributed by atoms with van der Waals surface area (Å²) in [5.74, 6) is 0.755. The Hall–Kier alpha value is -0.960. The van der Waals surface area contributed by atoms with E-state index >= 15 is 0 Å². The van der Waals surface area contributed by atoms with E-state index in [1.807, 2.05) is 0 Å². The van der Waals surface area contributed by atoms with Crippen LogP contribution in [0.1, 0.15) is 32.4 Å². The summed E-state index contributed by atoms with van der Waals surface area (Å²) in [6, 6.07) is 0. The number of fused-ring (bicyclic) bond motifs is 1. The van der Waals surface area contributed by atoms with Crippen molar-refractivity contribution in [2.75, 3.05) is 32.1 Å². The molecular weight excluding hydrogens is 306 g/mol. The Labute approximate surface area is 131 Å². The van der Waals surface area contributed by atoms with E-state index in [0.717, 1.165) is 5.69 Å². The Kier molecular flexibility index (Phi) is 4.05. The van der Waals surface area contributed by atoms with Crippen LogP contribution in [0.15, 0.2) is 10.7 Å². The molecule has 1 unspecified atom stereocenters. The number of oxazole rings is 1. The number of hydrogen-bond donors (Lipinski definition) is 0. The highest BCUT2D eigenvalue weighted by atomic mass is 32.2. The van der Waals surface area contributed by atoms with Gasteiger partial charge in [0.2, 0.25) is 15.9 Å². The monoisotopic (exact) mass is 329 g/mol. The second kappa shape index (κ2) is 5.59. The van der Waals surface area contributed by atoms with Crippen LogP contribution < -0.4 is 0 Å². The summed E-state index contributed by atoms with van der Waals surface area (Å²) in [7, 11) is -3.17. The molecule has 3 rings (SSSR count). The van der Waals surface area contributed by atoms with Crippen molar-refractivity contribution in [3.05, 3.63) is 17.8 Å². The summed E-state index contributed by atoms with van der Waals surface area (Å²) in [4.78, 5) is 6.60. The van der Waals surface area contributed by atoms with Crippen LogP contribution in [0.3, 0.4) is 0 Å². The highest BCUT2D eigenvalue weighted by Gasteiger charge is 2.41. The van der Waals surface area contributed by atoms with Gasteiger partial charge in [-0.15, -0.1) is 0 Å². The Balaban J connectivity index is 1.76. The molecule has 0 amide bonds. The van der Waals surface area contributed by atoms with Crippen LogP contribution in [-0.4, -0.2) is 60.8 Å². The van der Waals surface area contributed by atoms with E-state index < -0.39 is 10.0 Å². The molecule has 1 aromatic heterocycles. The zero-order chi connectivity index (χ0) is 16.0. The molecule has 0 saturated carbocycles. The Morgan fingerprint density at radius 2 is 2.14 bits per heavy atom. The van der Waals surface area contributed by atoms with E-state index in [1.54, 1.807) is 10.6 Å². The predicted octanol–water partition coefficient (Wildman–Crippen LogP) is 0.776. The molecule has 1 aromatic rings. The maximum Gasteiger partial charge on any atom is 0.216 e. The Bertz CT molecular complexity index is 635. The predicted molar refractivity (Wildman–Crippen MR) is 80.7 cm³/mol. The van der Waals surface area contributed by atoms with Gasteiger partial charge in [-0.2, -0.15) is 4.31 Å². The van der Waals surface area contributed by atoms with Gasteiger partial charge in [0.25, 0.3) is 0 Å². The minimum absolute atomic E-state index is 0.0625. The van der Waals surface area contributed by atoms with E-state index in [2.05, 4.69) is 30.7 Å². The molecule has 0 aromatic carbocycles. The molecule has 0 bridgehead atoms. The quantitative estimate of drug-likeness (QED) is 0.798. The Morgan fingerprint density at radius 3 is 2.82 bits per heavy atom. The van der Waals surface area contributed by atoms with Crippen molar-refractivity contribution in [1.29, 1.82) is 0 Å². The topological polar surface area (TPSA) is 75.9 Å². The number of hydrogen-bond acceptors (Lipinski definition) is 6. The standard InChI is InChI=1S/C14H23N3O4S/c1-14(2,3)11-9-21-12(15-11)8-16-5-7-22(18,19)17-4-6-20-10-13(16)17/h9,13H,4-8,10H2,1-3H3. The molecule has 0 aliphatic carbocycles. The molecule has 22 heavy (non-hydrogen) atoms. The first-order valence-electron chi connectivity index (χ1n) is 7.53. The van der Waals surface area contributed by atoms with E-state index in [1.165, 1.54) is 0 Å². The normalized spacial score (nSPS) is 26.8. The van der Waals surface area contributed by atoms with Crippen LogP contribution in [0.25, 0.3) is 0 Å². The first-order chi connectivity index (χ1) is 10.3. The first-order valence-corrected chi connectivity index (χ1v) is 9.14. The number of sulfonamides is 1. The van der Waals surface area contributed by atoms with Gasteiger partial charge in [-0.1, -0.05) is 20.8 Å². The largest absolute Gasteiger partial charge is 0.447 e. The lowest BCUT2D eigenvalue weighted by Crippen LogP contribution is -2.62. The third-order valence-corrected chi connectivity index (χ3v) is 5.97. The smallest absolute Gasteiger partial charge is 0.216 e. The van der Waals surface area contributed by atoms with Crippen LogP contribution in [0.4, 0.5) is 0 Å². The van der Waals surface area contributed by atoms with Gasteiger partial charge < -0.3 is 9.15 Å². The van der Waals surface area contributed by atoms with Crippen molar-refractivity contribution in [3.63, 3.8) is 0 Å². The lowest BCUT2D eigenvalue weighted by Gasteiger charge is -2.44. The van der Waals surface area contributed by atoms with Gasteiger partial charge in [0.1, 0.15) is 12.4 Å². The number of aromatic nitrogens is 1. The highest BCUT2D eigenvalue weighted by molar-refractivity contribution is 7.89. The molecule has 124 valence electrons. The number of morpholine rings is 1. The molecule has 3 heterocycles. The van der Waals surface area contributed by atoms with Crippen LogP contribution in [0.2, 0.25) is 0 Å². The molecule has 2 fully saturated rings. The molecule has 7 nitrogen and oxygen atoms in total. The molecule has 8 heteroatoms. The van der Waals surface area contributed by atoms with E-state index in [-0.39, 0.29) is 17.3 Å². The summed E-state index contributed by atoms with van der Waals surface area (Å²) in [5.41, 5.74) is 0.844. The average Bonchev–Trinajstić information content (AvgIpc) is 2.91. The fourth-order valence-corrected chi connectivity index (χ4v) is 4.39. The minimum atomic E-state index is -3.17. The zero-order valence-electron chi connectivity index (χ0n) is 13.3. The fourth-order valence-electron chi connectivity index (χ4n) is 2.77. The second-order valence-electron chi connectivity index (χ2n) is 6.83. The van der Waals surface area contributed by atoms with E-state index in [0.29, 0.717) is 38.7 Å². The fraction of sp³-hybridized carbons (Fsp3) is 0.786. The van der Waals surface area contributed by atoms with Gasteiger partial charge in [0, 0.05) is 18.5 Å². The van der Waals surface area contributed by atoms with Gasteiger partial charge in [-0.3, -0.25) is 4.90 Å². The van der Waals surface area contributed by atoms with Gasteiger partial charge in [-0.25, -0.2) is 13.4 Å². The second-order valence-corrected chi connectivity index (χ2v) is 8.87. The molecular formula is C14H23N3O4S. The summed E-state index contributed by atoms with van der Waals surface area (Å²) in [6.07, 6.45) is 1.43. The molecule has 0 N–H and O–H groups in total. The number of ether oxygens (including phenoxy) is 1. The third kappa shape index (κ3) is 3.05. The summed E-state index contributed by atoms with van der Waals surface area (Å²) < 4.78 is 36.9. The van der Waals surface area contributed by atoms with Gasteiger partial charge in [0.05, 0.1) is 31.2 Å². The lowest BCUT2D eigenvalue weighted by atomic mass is 9.93. The van der Waals surface area contributed by atoms with E-state index in [9.17, 15) is 8.42 Å². The highest BCUT2D eigenvalue weighted by Crippen LogP contribution is 2.25. The van der Waals surface area contributed by atoms with Gasteiger partial charge in [0.15, 0.2) is 0 Å². The maximum absolute atomic E-state index is 12.2. The number of rotatable bonds is 2. The molecule has 1 atom stereocenters. The van der Waals surface area contributed by atoms with Crippen molar-refractivity contribution in [1.82, 2.24) is 14.2 Å². The van der Waals surface area contributed by atoms with Crippen LogP contribution in [0, 0.1) is 0 Å². The molecule has 2 aliphatic rings. The van der Waals surface area contributed by atoms with Crippen molar-refractivity contribution in [3.8, 4) is 0 Å². The maximum atomic E-state index is 12.2. The zero-order valence-corrected chi connectivity index (χ0v) is 14.1. The molecule has 0 spiro atoms. The van der Waals surface area contributed by atoms with Gasteiger partial charge in [-0.05, 0) is 0 Å².